The zero-order valence-electron chi connectivity index (χ0n) is 12.1. The van der Waals surface area contributed by atoms with Gasteiger partial charge < -0.3 is 15.0 Å². The molecule has 2 rings (SSSR count). The third-order valence-corrected chi connectivity index (χ3v) is 3.91. The Labute approximate surface area is 118 Å². The fourth-order valence-corrected chi connectivity index (χ4v) is 2.99. The molecule has 1 saturated heterocycles. The predicted octanol–water partition coefficient (Wildman–Crippen LogP) is 1.37. The zero-order chi connectivity index (χ0) is 14.7. The summed E-state index contributed by atoms with van der Waals surface area (Å²) in [7, 11) is 0. The fourth-order valence-electron chi connectivity index (χ4n) is 2.99. The maximum absolute atomic E-state index is 12.6. The zero-order valence-corrected chi connectivity index (χ0v) is 12.1. The van der Waals surface area contributed by atoms with E-state index in [1.807, 2.05) is 13.0 Å². The lowest BCUT2D eigenvalue weighted by molar-refractivity contribution is 0.0722. The molecule has 20 heavy (non-hydrogen) atoms. The van der Waals surface area contributed by atoms with E-state index in [-0.39, 0.29) is 29.7 Å². The number of aliphatic hydroxyl groups is 1. The molecule has 0 saturated carbocycles. The summed E-state index contributed by atoms with van der Waals surface area (Å²) < 4.78 is 0. The first-order chi connectivity index (χ1) is 9.54. The standard InChI is InChI=1S/C15H22N2O3/c1-10-9-11(2)16-14(19)13(10)15(20)17-7-3-5-12(17)6-4-8-18/h9,12,18H,3-8H2,1-2H3,(H,16,19). The topological polar surface area (TPSA) is 73.4 Å². The number of carbonyl (C=O) groups excluding carboxylic acids is 1. The van der Waals surface area contributed by atoms with Crippen molar-refractivity contribution in [2.24, 2.45) is 0 Å². The second kappa shape index (κ2) is 6.22. The van der Waals surface area contributed by atoms with Crippen molar-refractivity contribution in [2.45, 2.75) is 45.6 Å². The molecule has 110 valence electrons. The van der Waals surface area contributed by atoms with Gasteiger partial charge in [-0.15, -0.1) is 0 Å². The number of amides is 1. The Hall–Kier alpha value is -1.62. The van der Waals surface area contributed by atoms with Gasteiger partial charge in [0.25, 0.3) is 11.5 Å². The Bertz CT molecular complexity index is 551. The maximum atomic E-state index is 12.6. The minimum atomic E-state index is -0.305. The molecule has 2 heterocycles. The van der Waals surface area contributed by atoms with Gasteiger partial charge in [-0.05, 0) is 51.2 Å². The first kappa shape index (κ1) is 14.8. The molecule has 0 bridgehead atoms. The van der Waals surface area contributed by atoms with Crippen molar-refractivity contribution >= 4 is 5.91 Å². The van der Waals surface area contributed by atoms with Crippen LogP contribution in [0.5, 0.6) is 0 Å². The van der Waals surface area contributed by atoms with Gasteiger partial charge in [-0.2, -0.15) is 0 Å². The molecule has 1 atom stereocenters. The van der Waals surface area contributed by atoms with Crippen LogP contribution in [-0.4, -0.2) is 40.1 Å². The minimum absolute atomic E-state index is 0.142. The van der Waals surface area contributed by atoms with E-state index >= 15 is 0 Å². The van der Waals surface area contributed by atoms with E-state index < -0.39 is 0 Å². The van der Waals surface area contributed by atoms with Gasteiger partial charge in [-0.1, -0.05) is 0 Å². The summed E-state index contributed by atoms with van der Waals surface area (Å²) in [6.07, 6.45) is 3.40. The van der Waals surface area contributed by atoms with Crippen molar-refractivity contribution in [3.8, 4) is 0 Å². The number of hydrogen-bond donors (Lipinski definition) is 2. The average molecular weight is 278 g/mol. The van der Waals surface area contributed by atoms with Crippen LogP contribution < -0.4 is 5.56 Å². The van der Waals surface area contributed by atoms with Gasteiger partial charge in [0, 0.05) is 24.9 Å². The third-order valence-electron chi connectivity index (χ3n) is 3.91. The van der Waals surface area contributed by atoms with Gasteiger partial charge in [0.05, 0.1) is 0 Å². The monoisotopic (exact) mass is 278 g/mol. The highest BCUT2D eigenvalue weighted by molar-refractivity contribution is 5.95. The Kier molecular flexibility index (Phi) is 4.60. The van der Waals surface area contributed by atoms with E-state index in [9.17, 15) is 9.59 Å². The summed E-state index contributed by atoms with van der Waals surface area (Å²) in [4.78, 5) is 29.1. The van der Waals surface area contributed by atoms with Gasteiger partial charge in [0.1, 0.15) is 5.56 Å². The van der Waals surface area contributed by atoms with E-state index in [4.69, 9.17) is 5.11 Å². The molecular formula is C15H22N2O3. The summed E-state index contributed by atoms with van der Waals surface area (Å²) in [5.41, 5.74) is 1.44. The fraction of sp³-hybridized carbons (Fsp3) is 0.600. The lowest BCUT2D eigenvalue weighted by Crippen LogP contribution is -2.39. The van der Waals surface area contributed by atoms with Crippen LogP contribution in [0, 0.1) is 13.8 Å². The van der Waals surface area contributed by atoms with Crippen molar-refractivity contribution in [1.82, 2.24) is 9.88 Å². The Morgan fingerprint density at radius 2 is 2.25 bits per heavy atom. The van der Waals surface area contributed by atoms with Crippen molar-refractivity contribution < 1.29 is 9.90 Å². The number of aromatic amines is 1. The number of carbonyl (C=O) groups is 1. The molecular weight excluding hydrogens is 256 g/mol. The molecule has 1 unspecified atom stereocenters. The third kappa shape index (κ3) is 2.93. The molecule has 1 amide bonds. The van der Waals surface area contributed by atoms with Crippen molar-refractivity contribution in [3.63, 3.8) is 0 Å². The van der Waals surface area contributed by atoms with Crippen LogP contribution in [0.1, 0.15) is 47.3 Å². The van der Waals surface area contributed by atoms with Gasteiger partial charge in [0.15, 0.2) is 0 Å². The van der Waals surface area contributed by atoms with Crippen LogP contribution in [0.25, 0.3) is 0 Å². The molecule has 1 aromatic heterocycles. The summed E-state index contributed by atoms with van der Waals surface area (Å²) in [6, 6.07) is 1.97. The second-order valence-electron chi connectivity index (χ2n) is 5.50. The second-order valence-corrected chi connectivity index (χ2v) is 5.50. The van der Waals surface area contributed by atoms with Gasteiger partial charge in [0.2, 0.25) is 0 Å². The van der Waals surface area contributed by atoms with Crippen LogP contribution in [0.15, 0.2) is 10.9 Å². The Morgan fingerprint density at radius 3 is 2.90 bits per heavy atom. The SMILES string of the molecule is Cc1cc(C)c(C(=O)N2CCCC2CCCO)c(=O)[nH]1. The summed E-state index contributed by atoms with van der Waals surface area (Å²) >= 11 is 0. The number of hydrogen-bond acceptors (Lipinski definition) is 3. The van der Waals surface area contributed by atoms with E-state index in [1.54, 1.807) is 11.8 Å². The molecule has 1 fully saturated rings. The number of H-pyrrole nitrogens is 1. The Balaban J connectivity index is 2.25. The maximum Gasteiger partial charge on any atom is 0.261 e. The molecule has 1 aromatic rings. The number of nitrogens with one attached hydrogen (secondary N) is 1. The van der Waals surface area contributed by atoms with Gasteiger partial charge in [-0.3, -0.25) is 9.59 Å². The highest BCUT2D eigenvalue weighted by Gasteiger charge is 2.30. The van der Waals surface area contributed by atoms with Crippen LogP contribution in [-0.2, 0) is 0 Å². The number of aromatic nitrogens is 1. The van der Waals surface area contributed by atoms with Gasteiger partial charge >= 0.3 is 0 Å². The molecule has 2 N–H and O–H groups in total. The summed E-state index contributed by atoms with van der Waals surface area (Å²) in [5.74, 6) is -0.177. The molecule has 0 aliphatic carbocycles. The first-order valence-electron chi connectivity index (χ1n) is 7.17. The molecule has 0 aromatic carbocycles. The van der Waals surface area contributed by atoms with E-state index in [0.29, 0.717) is 13.0 Å². The van der Waals surface area contributed by atoms with Crippen LogP contribution >= 0.6 is 0 Å². The number of aliphatic hydroxyl groups excluding tert-OH is 1. The predicted molar refractivity (Wildman–Crippen MR) is 76.9 cm³/mol. The smallest absolute Gasteiger partial charge is 0.261 e. The van der Waals surface area contributed by atoms with Crippen molar-refractivity contribution in [2.75, 3.05) is 13.2 Å². The van der Waals surface area contributed by atoms with Crippen molar-refractivity contribution in [1.29, 1.82) is 0 Å². The summed E-state index contributed by atoms with van der Waals surface area (Å²) in [5, 5.41) is 8.93. The largest absolute Gasteiger partial charge is 0.396 e. The average Bonchev–Trinajstić information content (AvgIpc) is 2.83. The van der Waals surface area contributed by atoms with E-state index in [1.165, 1.54) is 0 Å². The quantitative estimate of drug-likeness (QED) is 0.873. The highest BCUT2D eigenvalue weighted by Crippen LogP contribution is 2.23. The van der Waals surface area contributed by atoms with Gasteiger partial charge in [-0.25, -0.2) is 0 Å². The molecule has 0 radical (unpaired) electrons. The lowest BCUT2D eigenvalue weighted by atomic mass is 10.1. The van der Waals surface area contributed by atoms with Crippen molar-refractivity contribution in [3.05, 3.63) is 33.2 Å². The summed E-state index contributed by atoms with van der Waals surface area (Å²) in [6.45, 7) is 4.45. The number of pyridine rings is 1. The molecule has 5 heteroatoms. The van der Waals surface area contributed by atoms with Crippen LogP contribution in [0.4, 0.5) is 0 Å². The van der Waals surface area contributed by atoms with E-state index in [2.05, 4.69) is 4.98 Å². The van der Waals surface area contributed by atoms with Crippen LogP contribution in [0.3, 0.4) is 0 Å². The van der Waals surface area contributed by atoms with Crippen LogP contribution in [0.2, 0.25) is 0 Å². The molecule has 1 aliphatic rings. The first-order valence-corrected chi connectivity index (χ1v) is 7.17. The highest BCUT2D eigenvalue weighted by atomic mass is 16.3. The lowest BCUT2D eigenvalue weighted by Gasteiger charge is -2.25. The van der Waals surface area contributed by atoms with E-state index in [0.717, 1.165) is 30.5 Å². The minimum Gasteiger partial charge on any atom is -0.396 e. The molecule has 0 spiro atoms. The molecule has 5 nitrogen and oxygen atoms in total. The Morgan fingerprint density at radius 1 is 1.50 bits per heavy atom. The number of rotatable bonds is 4. The number of likely N-dealkylation sites (tertiary alicyclic amines) is 1. The number of aryl methyl sites for hydroxylation is 2. The normalized spacial score (nSPS) is 18.6. The number of nitrogens with zero attached hydrogens (tertiary/aromatic N) is 1. The molecule has 1 aliphatic heterocycles.